The first-order valence-corrected chi connectivity index (χ1v) is 7.53. The van der Waals surface area contributed by atoms with Crippen LogP contribution in [0.2, 0.25) is 5.22 Å². The van der Waals surface area contributed by atoms with Gasteiger partial charge in [0.1, 0.15) is 5.71 Å². The first kappa shape index (κ1) is 14.3. The molecule has 1 unspecified atom stereocenters. The van der Waals surface area contributed by atoms with Crippen molar-refractivity contribution in [3.8, 4) is 0 Å². The van der Waals surface area contributed by atoms with Gasteiger partial charge in [-0.25, -0.2) is 0 Å². The van der Waals surface area contributed by atoms with Gasteiger partial charge in [0.15, 0.2) is 11.0 Å². The number of furan rings is 1. The summed E-state index contributed by atoms with van der Waals surface area (Å²) in [5.41, 5.74) is 2.20. The highest BCUT2D eigenvalue weighted by atomic mass is 35.5. The van der Waals surface area contributed by atoms with E-state index in [-0.39, 0.29) is 11.6 Å². The summed E-state index contributed by atoms with van der Waals surface area (Å²) in [7, 11) is 0. The third kappa shape index (κ3) is 2.60. The zero-order valence-corrected chi connectivity index (χ0v) is 12.7. The number of halogens is 1. The number of rotatable bonds is 3. The van der Waals surface area contributed by atoms with Crippen molar-refractivity contribution in [1.29, 1.82) is 0 Å². The Morgan fingerprint density at radius 3 is 2.65 bits per heavy atom. The van der Waals surface area contributed by atoms with Crippen molar-refractivity contribution >= 4 is 23.0 Å². The molecule has 0 spiro atoms. The van der Waals surface area contributed by atoms with Crippen LogP contribution in [0.1, 0.15) is 24.2 Å². The van der Waals surface area contributed by atoms with Gasteiger partial charge in [-0.2, -0.15) is 0 Å². The molecule has 0 amide bonds. The highest BCUT2D eigenvalue weighted by molar-refractivity contribution is 6.29. The van der Waals surface area contributed by atoms with Gasteiger partial charge in [-0.15, -0.1) is 0 Å². The second-order valence-electron chi connectivity index (χ2n) is 5.46. The Bertz CT molecular complexity index is 786. The lowest BCUT2D eigenvalue weighted by Crippen LogP contribution is -2.42. The summed E-state index contributed by atoms with van der Waals surface area (Å²) in [5.74, 6) is -1.11. The Morgan fingerprint density at radius 1 is 1.09 bits per heavy atom. The molecule has 2 aliphatic rings. The van der Waals surface area contributed by atoms with Gasteiger partial charge in [0, 0.05) is 6.42 Å². The van der Waals surface area contributed by atoms with E-state index in [1.165, 1.54) is 0 Å². The van der Waals surface area contributed by atoms with E-state index in [4.69, 9.17) is 25.7 Å². The normalized spacial score (nSPS) is 26.4. The molecule has 118 valence electrons. The van der Waals surface area contributed by atoms with Crippen LogP contribution in [-0.4, -0.2) is 28.4 Å². The number of benzene rings is 1. The number of nitrogens with zero attached hydrogens (tertiary/aromatic N) is 2. The Hall–Kier alpha value is -2.31. The molecular formula is C16H13ClN2O4. The average Bonchev–Trinajstić information content (AvgIpc) is 3.28. The monoisotopic (exact) mass is 332 g/mol. The van der Waals surface area contributed by atoms with Gasteiger partial charge in [-0.3, -0.25) is 0 Å². The summed E-state index contributed by atoms with van der Waals surface area (Å²) in [5, 5.41) is 18.9. The van der Waals surface area contributed by atoms with Gasteiger partial charge >= 0.3 is 0 Å². The highest BCUT2D eigenvalue weighted by Crippen LogP contribution is 2.34. The van der Waals surface area contributed by atoms with Crippen LogP contribution in [0.5, 0.6) is 0 Å². The first-order chi connectivity index (χ1) is 11.1. The van der Waals surface area contributed by atoms with Gasteiger partial charge in [0.25, 0.3) is 5.79 Å². The molecule has 23 heavy (non-hydrogen) atoms. The summed E-state index contributed by atoms with van der Waals surface area (Å²) in [6.07, 6.45) is -0.0641. The number of aliphatic hydroxyl groups is 1. The second kappa shape index (κ2) is 5.40. The van der Waals surface area contributed by atoms with E-state index >= 15 is 0 Å². The smallest absolute Gasteiger partial charge is 0.280 e. The molecule has 1 aromatic heterocycles. The fourth-order valence-corrected chi connectivity index (χ4v) is 2.78. The maximum absolute atomic E-state index is 10.7. The number of hydrogen-bond donors (Lipinski definition) is 1. The minimum Gasteiger partial charge on any atom is -0.443 e. The predicted molar refractivity (Wildman–Crippen MR) is 83.4 cm³/mol. The lowest BCUT2D eigenvalue weighted by atomic mass is 9.96. The molecule has 2 aliphatic heterocycles. The maximum atomic E-state index is 10.7. The Kier molecular flexibility index (Phi) is 3.36. The largest absolute Gasteiger partial charge is 0.443 e. The Morgan fingerprint density at radius 2 is 1.91 bits per heavy atom. The van der Waals surface area contributed by atoms with Crippen LogP contribution in [0, 0.1) is 0 Å². The van der Waals surface area contributed by atoms with E-state index < -0.39 is 11.9 Å². The number of oxime groups is 2. The molecule has 4 rings (SSSR count). The minimum atomic E-state index is -1.57. The molecule has 0 bridgehead atoms. The summed E-state index contributed by atoms with van der Waals surface area (Å²) in [6, 6.07) is 13.0. The molecule has 2 aromatic rings. The standard InChI is InChI=1S/C16H13ClN2O4/c17-15-7-6-13(21-15)12-9-16(20,23-19-12)14-8-11(18-22-14)10-4-2-1-3-5-10/h1-7,14,20H,8-9H2/t14?,16-/m1/s1. The van der Waals surface area contributed by atoms with Crippen LogP contribution in [-0.2, 0) is 9.68 Å². The summed E-state index contributed by atoms with van der Waals surface area (Å²) < 4.78 is 5.29. The zero-order chi connectivity index (χ0) is 15.9. The molecule has 3 heterocycles. The second-order valence-corrected chi connectivity index (χ2v) is 5.83. The van der Waals surface area contributed by atoms with Crippen LogP contribution in [0.15, 0.2) is 57.2 Å². The molecule has 0 saturated heterocycles. The summed E-state index contributed by atoms with van der Waals surface area (Å²) in [6.45, 7) is 0. The van der Waals surface area contributed by atoms with Gasteiger partial charge in [0.2, 0.25) is 6.10 Å². The molecule has 1 aromatic carbocycles. The highest BCUT2D eigenvalue weighted by Gasteiger charge is 2.50. The van der Waals surface area contributed by atoms with Gasteiger partial charge in [-0.1, -0.05) is 40.6 Å². The maximum Gasteiger partial charge on any atom is 0.280 e. The minimum absolute atomic E-state index is 0.138. The lowest BCUT2D eigenvalue weighted by Gasteiger charge is -2.24. The van der Waals surface area contributed by atoms with Crippen molar-refractivity contribution < 1.29 is 19.2 Å². The number of hydrogen-bond acceptors (Lipinski definition) is 6. The topological polar surface area (TPSA) is 76.6 Å². The van der Waals surface area contributed by atoms with Crippen molar-refractivity contribution in [2.75, 3.05) is 0 Å². The van der Waals surface area contributed by atoms with E-state index in [0.29, 0.717) is 17.9 Å². The first-order valence-electron chi connectivity index (χ1n) is 7.15. The van der Waals surface area contributed by atoms with Crippen molar-refractivity contribution in [2.24, 2.45) is 10.3 Å². The molecule has 0 radical (unpaired) electrons. The van der Waals surface area contributed by atoms with Gasteiger partial charge < -0.3 is 19.2 Å². The third-order valence-corrected chi connectivity index (χ3v) is 4.07. The quantitative estimate of drug-likeness (QED) is 0.937. The van der Waals surface area contributed by atoms with Crippen molar-refractivity contribution in [3.05, 3.63) is 59.0 Å². The fourth-order valence-electron chi connectivity index (χ4n) is 2.63. The molecule has 2 atom stereocenters. The molecule has 6 nitrogen and oxygen atoms in total. The average molecular weight is 333 g/mol. The molecule has 1 N–H and O–H groups in total. The fraction of sp³-hybridized carbons (Fsp3) is 0.250. The van der Waals surface area contributed by atoms with Crippen LogP contribution in [0.25, 0.3) is 0 Å². The van der Waals surface area contributed by atoms with E-state index in [9.17, 15) is 5.11 Å². The summed E-state index contributed by atoms with van der Waals surface area (Å²) in [4.78, 5) is 10.6. The van der Waals surface area contributed by atoms with Crippen LogP contribution in [0.3, 0.4) is 0 Å². The van der Waals surface area contributed by atoms with Crippen molar-refractivity contribution in [1.82, 2.24) is 0 Å². The van der Waals surface area contributed by atoms with E-state index in [0.717, 1.165) is 11.3 Å². The predicted octanol–water partition coefficient (Wildman–Crippen LogP) is 2.94. The lowest BCUT2D eigenvalue weighted by molar-refractivity contribution is -0.246. The van der Waals surface area contributed by atoms with Crippen molar-refractivity contribution in [2.45, 2.75) is 24.7 Å². The van der Waals surface area contributed by atoms with E-state index in [1.807, 2.05) is 30.3 Å². The molecule has 0 aliphatic carbocycles. The molecule has 0 saturated carbocycles. The van der Waals surface area contributed by atoms with Crippen molar-refractivity contribution in [3.63, 3.8) is 0 Å². The Balaban J connectivity index is 1.46. The van der Waals surface area contributed by atoms with E-state index in [2.05, 4.69) is 10.3 Å². The van der Waals surface area contributed by atoms with Gasteiger partial charge in [0.05, 0.1) is 12.1 Å². The Labute approximate surface area is 136 Å². The SMILES string of the molecule is O[C@]1(C2CC(c3ccccc3)=NO2)CC(c2ccc(Cl)o2)=NO1. The van der Waals surface area contributed by atoms with Crippen LogP contribution < -0.4 is 0 Å². The molecular weight excluding hydrogens is 320 g/mol. The van der Waals surface area contributed by atoms with Gasteiger partial charge in [-0.05, 0) is 29.3 Å². The van der Waals surface area contributed by atoms with E-state index in [1.54, 1.807) is 12.1 Å². The zero-order valence-electron chi connectivity index (χ0n) is 12.0. The third-order valence-electron chi connectivity index (χ3n) is 3.87. The van der Waals surface area contributed by atoms with Crippen LogP contribution in [0.4, 0.5) is 0 Å². The molecule has 7 heteroatoms. The molecule has 0 fully saturated rings. The van der Waals surface area contributed by atoms with Crippen LogP contribution >= 0.6 is 11.6 Å². The summed E-state index contributed by atoms with van der Waals surface area (Å²) >= 11 is 5.76.